The number of hydrogen-bond donors (Lipinski definition) is 5. The zero-order valence-corrected chi connectivity index (χ0v) is 16.0. The minimum Gasteiger partial charge on any atom is -0.497 e. The summed E-state index contributed by atoms with van der Waals surface area (Å²) in [6.07, 6.45) is 1.89. The average Bonchev–Trinajstić information content (AvgIpc) is 2.95. The van der Waals surface area contributed by atoms with Crippen LogP contribution >= 0.6 is 11.6 Å². The summed E-state index contributed by atoms with van der Waals surface area (Å²) in [6, 6.07) is 6.94. The Labute approximate surface area is 167 Å². The summed E-state index contributed by atoms with van der Waals surface area (Å²) in [4.78, 5) is 8.17. The van der Waals surface area contributed by atoms with Gasteiger partial charge in [-0.05, 0) is 30.2 Å². The number of rotatable bonds is 6. The molecular formula is C19H23ClN4O4. The Bertz CT molecular complexity index is 847. The van der Waals surface area contributed by atoms with Gasteiger partial charge >= 0.3 is 0 Å². The lowest BCUT2D eigenvalue weighted by Gasteiger charge is -2.20. The maximum Gasteiger partial charge on any atom is 0.223 e. The van der Waals surface area contributed by atoms with Gasteiger partial charge in [0.2, 0.25) is 5.95 Å². The van der Waals surface area contributed by atoms with Gasteiger partial charge in [-0.3, -0.25) is 0 Å². The molecule has 4 atom stereocenters. The number of halogens is 1. The molecule has 0 radical (unpaired) electrons. The average molecular weight is 407 g/mol. The molecule has 1 aromatic heterocycles. The number of nitrogens with two attached hydrogens (primary N) is 1. The molecule has 0 aliphatic heterocycles. The molecule has 150 valence electrons. The third-order valence-electron chi connectivity index (χ3n) is 4.83. The Morgan fingerprint density at radius 3 is 2.54 bits per heavy atom. The van der Waals surface area contributed by atoms with Gasteiger partial charge in [0.15, 0.2) is 0 Å². The molecule has 0 unspecified atom stereocenters. The number of aromatic nitrogens is 2. The van der Waals surface area contributed by atoms with Crippen molar-refractivity contribution < 1.29 is 20.1 Å². The summed E-state index contributed by atoms with van der Waals surface area (Å²) in [5.74, 6) is 0.666. The van der Waals surface area contributed by atoms with Crippen LogP contribution in [0.15, 0.2) is 24.3 Å². The van der Waals surface area contributed by atoms with E-state index in [0.29, 0.717) is 17.8 Å². The summed E-state index contributed by atoms with van der Waals surface area (Å²) < 4.78 is 5.14. The highest BCUT2D eigenvalue weighted by Gasteiger charge is 2.41. The van der Waals surface area contributed by atoms with E-state index < -0.39 is 24.2 Å². The van der Waals surface area contributed by atoms with E-state index in [1.165, 1.54) is 0 Å². The minimum atomic E-state index is -1.05. The summed E-state index contributed by atoms with van der Waals surface area (Å²) >= 11 is 6.26. The summed E-state index contributed by atoms with van der Waals surface area (Å²) in [7, 11) is 1.60. The first-order valence-electron chi connectivity index (χ1n) is 8.81. The molecule has 1 aliphatic carbocycles. The number of hydrogen-bond acceptors (Lipinski definition) is 8. The second kappa shape index (κ2) is 8.74. The number of nitrogen functional groups attached to an aromatic ring is 1. The number of methoxy groups -OCH3 is 1. The lowest BCUT2D eigenvalue weighted by Crippen LogP contribution is -2.35. The first kappa shape index (κ1) is 20.3. The topological polar surface area (TPSA) is 134 Å². The second-order valence-electron chi connectivity index (χ2n) is 6.65. The Kier molecular flexibility index (Phi) is 6.35. The lowest BCUT2D eigenvalue weighted by molar-refractivity contribution is 0.00445. The zero-order valence-electron chi connectivity index (χ0n) is 15.3. The minimum absolute atomic E-state index is 0.0131. The third kappa shape index (κ3) is 4.36. The molecule has 3 rings (SSSR count). The van der Waals surface area contributed by atoms with Crippen LogP contribution in [0.4, 0.5) is 11.8 Å². The molecule has 0 amide bonds. The number of benzene rings is 1. The van der Waals surface area contributed by atoms with E-state index in [1.54, 1.807) is 13.2 Å². The van der Waals surface area contributed by atoms with Crippen LogP contribution in [0.5, 0.6) is 5.75 Å². The SMILES string of the molecule is COc1ccc(/C=C/c2c(Cl)nc(N)nc2N[C@@H]2C[C@H](CO)[C@@H](O)[C@H]2O)cc1. The summed E-state index contributed by atoms with van der Waals surface area (Å²) in [5, 5.41) is 32.9. The predicted molar refractivity (Wildman–Crippen MR) is 108 cm³/mol. The molecule has 1 heterocycles. The molecule has 1 saturated carbocycles. The lowest BCUT2D eigenvalue weighted by atomic mass is 10.1. The van der Waals surface area contributed by atoms with Gasteiger partial charge in [-0.25, -0.2) is 4.98 Å². The van der Waals surface area contributed by atoms with Crippen LogP contribution < -0.4 is 15.8 Å². The smallest absolute Gasteiger partial charge is 0.223 e. The van der Waals surface area contributed by atoms with Gasteiger partial charge in [-0.2, -0.15) is 4.98 Å². The van der Waals surface area contributed by atoms with Crippen molar-refractivity contribution in [3.63, 3.8) is 0 Å². The van der Waals surface area contributed by atoms with Gasteiger partial charge in [0.05, 0.1) is 24.8 Å². The quantitative estimate of drug-likeness (QED) is 0.454. The van der Waals surface area contributed by atoms with Gasteiger partial charge in [0.1, 0.15) is 22.8 Å². The van der Waals surface area contributed by atoms with E-state index >= 15 is 0 Å². The van der Waals surface area contributed by atoms with E-state index in [1.807, 2.05) is 30.3 Å². The molecule has 1 aliphatic rings. The van der Waals surface area contributed by atoms with E-state index in [4.69, 9.17) is 22.1 Å². The van der Waals surface area contributed by atoms with Crippen molar-refractivity contribution in [3.8, 4) is 5.75 Å². The molecule has 0 bridgehead atoms. The van der Waals surface area contributed by atoms with E-state index in [2.05, 4.69) is 15.3 Å². The van der Waals surface area contributed by atoms with Crippen LogP contribution in [0.3, 0.4) is 0 Å². The highest BCUT2D eigenvalue weighted by atomic mass is 35.5. The van der Waals surface area contributed by atoms with Gasteiger partial charge in [0.25, 0.3) is 0 Å². The van der Waals surface area contributed by atoms with Crippen LogP contribution in [0.2, 0.25) is 5.15 Å². The standard InChI is InChI=1S/C19H23ClN4O4/c1-28-12-5-2-10(3-6-12)4-7-13-17(20)23-19(21)24-18(13)22-14-8-11(9-25)15(26)16(14)27/h2-7,11,14-16,25-27H,8-9H2,1H3,(H3,21,22,23,24)/b7-4+/t11-,14-,15-,16+/m1/s1. The van der Waals surface area contributed by atoms with Crippen molar-refractivity contribution >= 4 is 35.5 Å². The highest BCUT2D eigenvalue weighted by molar-refractivity contribution is 6.31. The van der Waals surface area contributed by atoms with Crippen molar-refractivity contribution in [1.29, 1.82) is 0 Å². The van der Waals surface area contributed by atoms with Crippen molar-refractivity contribution in [2.24, 2.45) is 5.92 Å². The van der Waals surface area contributed by atoms with E-state index in [0.717, 1.165) is 11.3 Å². The van der Waals surface area contributed by atoms with Crippen molar-refractivity contribution in [2.75, 3.05) is 24.8 Å². The summed E-state index contributed by atoms with van der Waals surface area (Å²) in [5.41, 5.74) is 7.13. The van der Waals surface area contributed by atoms with Gasteiger partial charge in [-0.1, -0.05) is 29.8 Å². The number of nitrogens with zero attached hydrogens (tertiary/aromatic N) is 2. The van der Waals surface area contributed by atoms with Crippen LogP contribution in [0, 0.1) is 5.92 Å². The highest BCUT2D eigenvalue weighted by Crippen LogP contribution is 2.31. The number of aliphatic hydroxyl groups is 3. The van der Waals surface area contributed by atoms with Crippen LogP contribution in [0.25, 0.3) is 12.2 Å². The van der Waals surface area contributed by atoms with Gasteiger partial charge < -0.3 is 31.1 Å². The van der Waals surface area contributed by atoms with E-state index in [9.17, 15) is 15.3 Å². The molecule has 0 spiro atoms. The first-order valence-corrected chi connectivity index (χ1v) is 9.19. The maximum absolute atomic E-state index is 10.2. The Morgan fingerprint density at radius 1 is 1.21 bits per heavy atom. The molecule has 0 saturated heterocycles. The third-order valence-corrected chi connectivity index (χ3v) is 5.12. The number of anilines is 2. The molecular weight excluding hydrogens is 384 g/mol. The molecule has 1 aromatic carbocycles. The Morgan fingerprint density at radius 2 is 1.93 bits per heavy atom. The fraction of sp³-hybridized carbons (Fsp3) is 0.368. The predicted octanol–water partition coefficient (Wildman–Crippen LogP) is 1.41. The molecule has 1 fully saturated rings. The van der Waals surface area contributed by atoms with Crippen molar-refractivity contribution in [3.05, 3.63) is 40.5 Å². The normalized spacial score (nSPS) is 24.6. The molecule has 6 N–H and O–H groups in total. The van der Waals surface area contributed by atoms with Crippen LogP contribution in [-0.4, -0.2) is 57.3 Å². The number of ether oxygens (including phenoxy) is 1. The first-order chi connectivity index (χ1) is 13.4. The molecule has 2 aromatic rings. The zero-order chi connectivity index (χ0) is 20.3. The van der Waals surface area contributed by atoms with Crippen molar-refractivity contribution in [1.82, 2.24) is 9.97 Å². The second-order valence-corrected chi connectivity index (χ2v) is 7.01. The Balaban J connectivity index is 1.86. The molecule has 8 nitrogen and oxygen atoms in total. The fourth-order valence-corrected chi connectivity index (χ4v) is 3.47. The number of nitrogens with one attached hydrogen (secondary N) is 1. The fourth-order valence-electron chi connectivity index (χ4n) is 3.23. The maximum atomic E-state index is 10.2. The molecule has 28 heavy (non-hydrogen) atoms. The van der Waals surface area contributed by atoms with E-state index in [-0.39, 0.29) is 17.7 Å². The molecule has 9 heteroatoms. The number of aliphatic hydroxyl groups excluding tert-OH is 3. The summed E-state index contributed by atoms with van der Waals surface area (Å²) in [6.45, 7) is -0.215. The van der Waals surface area contributed by atoms with Gasteiger partial charge in [-0.15, -0.1) is 0 Å². The van der Waals surface area contributed by atoms with Crippen molar-refractivity contribution in [2.45, 2.75) is 24.7 Å². The monoisotopic (exact) mass is 406 g/mol. The van der Waals surface area contributed by atoms with Crippen LogP contribution in [-0.2, 0) is 0 Å². The van der Waals surface area contributed by atoms with Gasteiger partial charge in [0, 0.05) is 12.5 Å². The largest absolute Gasteiger partial charge is 0.497 e. The Hall–Kier alpha value is -2.39. The van der Waals surface area contributed by atoms with Crippen LogP contribution in [0.1, 0.15) is 17.5 Å².